The number of hydrogen-bond donors (Lipinski definition) is 2. The standard InChI is InChI=1S/C11H21N3O/c1-2-12-11(15)14(10-5-6-10)8-9-4-3-7-13-9/h9-10,13H,2-8H2,1H3,(H,12,15). The molecule has 2 rings (SSSR count). The van der Waals surface area contributed by atoms with Crippen LogP contribution in [0.5, 0.6) is 0 Å². The van der Waals surface area contributed by atoms with Crippen molar-refractivity contribution in [2.24, 2.45) is 0 Å². The highest BCUT2D eigenvalue weighted by Gasteiger charge is 2.34. The third kappa shape index (κ3) is 2.84. The Kier molecular flexibility index (Phi) is 3.46. The molecule has 2 N–H and O–H groups in total. The molecule has 1 saturated carbocycles. The van der Waals surface area contributed by atoms with Gasteiger partial charge in [0.15, 0.2) is 0 Å². The molecule has 86 valence electrons. The molecular formula is C11H21N3O. The fourth-order valence-electron chi connectivity index (χ4n) is 2.19. The highest BCUT2D eigenvalue weighted by atomic mass is 16.2. The number of amides is 2. The van der Waals surface area contributed by atoms with Crippen LogP contribution >= 0.6 is 0 Å². The zero-order valence-electron chi connectivity index (χ0n) is 9.46. The monoisotopic (exact) mass is 211 g/mol. The van der Waals surface area contributed by atoms with E-state index in [0.717, 1.165) is 19.6 Å². The molecule has 1 atom stereocenters. The van der Waals surface area contributed by atoms with Gasteiger partial charge < -0.3 is 15.5 Å². The molecule has 2 aliphatic rings. The summed E-state index contributed by atoms with van der Waals surface area (Å²) in [5, 5.41) is 6.35. The summed E-state index contributed by atoms with van der Waals surface area (Å²) in [5.74, 6) is 0. The molecule has 1 unspecified atom stereocenters. The fourth-order valence-corrected chi connectivity index (χ4v) is 2.19. The van der Waals surface area contributed by atoms with Crippen molar-refractivity contribution < 1.29 is 4.79 Å². The van der Waals surface area contributed by atoms with E-state index < -0.39 is 0 Å². The number of rotatable bonds is 4. The van der Waals surface area contributed by atoms with Gasteiger partial charge in [-0.05, 0) is 39.2 Å². The lowest BCUT2D eigenvalue weighted by molar-refractivity contribution is 0.190. The van der Waals surface area contributed by atoms with Crippen molar-refractivity contribution in [1.29, 1.82) is 0 Å². The molecule has 1 aliphatic carbocycles. The Hall–Kier alpha value is -0.770. The Balaban J connectivity index is 1.84. The van der Waals surface area contributed by atoms with Gasteiger partial charge in [-0.25, -0.2) is 4.79 Å². The summed E-state index contributed by atoms with van der Waals surface area (Å²) in [6.45, 7) is 4.69. The molecule has 1 heterocycles. The van der Waals surface area contributed by atoms with Gasteiger partial charge in [0.1, 0.15) is 0 Å². The highest BCUT2D eigenvalue weighted by molar-refractivity contribution is 5.74. The molecule has 4 nitrogen and oxygen atoms in total. The summed E-state index contributed by atoms with van der Waals surface area (Å²) in [4.78, 5) is 13.8. The molecule has 15 heavy (non-hydrogen) atoms. The minimum Gasteiger partial charge on any atom is -0.338 e. The van der Waals surface area contributed by atoms with Crippen LogP contribution in [0.3, 0.4) is 0 Å². The highest BCUT2D eigenvalue weighted by Crippen LogP contribution is 2.27. The number of hydrogen-bond acceptors (Lipinski definition) is 2. The molecule has 2 fully saturated rings. The Bertz CT molecular complexity index is 222. The van der Waals surface area contributed by atoms with E-state index in [2.05, 4.69) is 10.6 Å². The quantitative estimate of drug-likeness (QED) is 0.726. The van der Waals surface area contributed by atoms with Crippen molar-refractivity contribution in [2.75, 3.05) is 19.6 Å². The topological polar surface area (TPSA) is 44.4 Å². The van der Waals surface area contributed by atoms with E-state index in [1.807, 2.05) is 11.8 Å². The maximum atomic E-state index is 11.8. The summed E-state index contributed by atoms with van der Waals surface area (Å²) >= 11 is 0. The van der Waals surface area contributed by atoms with Crippen LogP contribution in [0.15, 0.2) is 0 Å². The van der Waals surface area contributed by atoms with E-state index in [0.29, 0.717) is 12.1 Å². The number of nitrogens with zero attached hydrogens (tertiary/aromatic N) is 1. The van der Waals surface area contributed by atoms with E-state index in [9.17, 15) is 4.79 Å². The predicted octanol–water partition coefficient (Wildman–Crippen LogP) is 0.932. The van der Waals surface area contributed by atoms with Crippen molar-refractivity contribution >= 4 is 6.03 Å². The van der Waals surface area contributed by atoms with Crippen molar-refractivity contribution in [1.82, 2.24) is 15.5 Å². The molecule has 4 heteroatoms. The van der Waals surface area contributed by atoms with Gasteiger partial charge in [0, 0.05) is 25.2 Å². The molecule has 0 radical (unpaired) electrons. The average Bonchev–Trinajstić information content (AvgIpc) is 2.93. The van der Waals surface area contributed by atoms with E-state index in [1.165, 1.54) is 25.7 Å². The third-order valence-corrected chi connectivity index (χ3v) is 3.16. The Labute approximate surface area is 91.4 Å². The average molecular weight is 211 g/mol. The van der Waals surface area contributed by atoms with Gasteiger partial charge in [-0.1, -0.05) is 0 Å². The van der Waals surface area contributed by atoms with Crippen molar-refractivity contribution in [3.63, 3.8) is 0 Å². The molecule has 2 amide bonds. The molecule has 0 aromatic carbocycles. The summed E-state index contributed by atoms with van der Waals surface area (Å²) in [5.41, 5.74) is 0. The van der Waals surface area contributed by atoms with Crippen LogP contribution in [-0.4, -0.2) is 42.6 Å². The van der Waals surface area contributed by atoms with Crippen LogP contribution in [0.25, 0.3) is 0 Å². The minimum absolute atomic E-state index is 0.119. The predicted molar refractivity (Wildman–Crippen MR) is 59.8 cm³/mol. The van der Waals surface area contributed by atoms with Gasteiger partial charge in [-0.3, -0.25) is 0 Å². The lowest BCUT2D eigenvalue weighted by Crippen LogP contribution is -2.47. The number of urea groups is 1. The first-order valence-electron chi connectivity index (χ1n) is 6.09. The van der Waals surface area contributed by atoms with Crippen LogP contribution in [0.2, 0.25) is 0 Å². The van der Waals surface area contributed by atoms with Crippen LogP contribution in [-0.2, 0) is 0 Å². The molecule has 0 aromatic rings. The van der Waals surface area contributed by atoms with E-state index in [4.69, 9.17) is 0 Å². The van der Waals surface area contributed by atoms with Gasteiger partial charge in [0.2, 0.25) is 0 Å². The second-order valence-corrected chi connectivity index (χ2v) is 4.51. The lowest BCUT2D eigenvalue weighted by atomic mass is 10.2. The SMILES string of the molecule is CCNC(=O)N(CC1CCCN1)C1CC1. The van der Waals surface area contributed by atoms with Crippen molar-refractivity contribution in [3.05, 3.63) is 0 Å². The molecule has 1 saturated heterocycles. The molecule has 0 spiro atoms. The summed E-state index contributed by atoms with van der Waals surface area (Å²) in [6, 6.07) is 1.15. The number of carbonyl (C=O) groups excluding carboxylic acids is 1. The normalized spacial score (nSPS) is 25.3. The maximum Gasteiger partial charge on any atom is 0.317 e. The molecule has 0 bridgehead atoms. The van der Waals surface area contributed by atoms with E-state index in [-0.39, 0.29) is 6.03 Å². The summed E-state index contributed by atoms with van der Waals surface area (Å²) in [6.07, 6.45) is 4.83. The van der Waals surface area contributed by atoms with Crippen LogP contribution in [0.1, 0.15) is 32.6 Å². The summed E-state index contributed by atoms with van der Waals surface area (Å²) < 4.78 is 0. The van der Waals surface area contributed by atoms with Crippen LogP contribution in [0.4, 0.5) is 4.79 Å². The Morgan fingerprint density at radius 3 is 2.80 bits per heavy atom. The zero-order valence-corrected chi connectivity index (χ0v) is 9.46. The van der Waals surface area contributed by atoms with Gasteiger partial charge in [-0.2, -0.15) is 0 Å². The van der Waals surface area contributed by atoms with E-state index in [1.54, 1.807) is 0 Å². The van der Waals surface area contributed by atoms with Crippen LogP contribution < -0.4 is 10.6 Å². The first kappa shape index (κ1) is 10.7. The van der Waals surface area contributed by atoms with Gasteiger partial charge in [0.25, 0.3) is 0 Å². The molecule has 1 aliphatic heterocycles. The number of nitrogens with one attached hydrogen (secondary N) is 2. The molecular weight excluding hydrogens is 190 g/mol. The lowest BCUT2D eigenvalue weighted by Gasteiger charge is -2.25. The van der Waals surface area contributed by atoms with Gasteiger partial charge >= 0.3 is 6.03 Å². The van der Waals surface area contributed by atoms with Crippen molar-refractivity contribution in [2.45, 2.75) is 44.7 Å². The zero-order chi connectivity index (χ0) is 10.7. The molecule has 0 aromatic heterocycles. The van der Waals surface area contributed by atoms with Crippen LogP contribution in [0, 0.1) is 0 Å². The first-order valence-corrected chi connectivity index (χ1v) is 6.09. The fraction of sp³-hybridized carbons (Fsp3) is 0.909. The second kappa shape index (κ2) is 4.84. The Morgan fingerprint density at radius 2 is 2.27 bits per heavy atom. The minimum atomic E-state index is 0.119. The van der Waals surface area contributed by atoms with E-state index >= 15 is 0 Å². The van der Waals surface area contributed by atoms with Gasteiger partial charge in [0.05, 0.1) is 0 Å². The largest absolute Gasteiger partial charge is 0.338 e. The maximum absolute atomic E-state index is 11.8. The number of carbonyl (C=O) groups is 1. The summed E-state index contributed by atoms with van der Waals surface area (Å²) in [7, 11) is 0. The Morgan fingerprint density at radius 1 is 1.47 bits per heavy atom. The smallest absolute Gasteiger partial charge is 0.317 e. The third-order valence-electron chi connectivity index (χ3n) is 3.16. The second-order valence-electron chi connectivity index (χ2n) is 4.51. The first-order chi connectivity index (χ1) is 7.31. The van der Waals surface area contributed by atoms with Crippen molar-refractivity contribution in [3.8, 4) is 0 Å². The van der Waals surface area contributed by atoms with Gasteiger partial charge in [-0.15, -0.1) is 0 Å².